The summed E-state index contributed by atoms with van der Waals surface area (Å²) in [6.45, 7) is 5.46. The molecule has 4 rings (SSSR count). The van der Waals surface area contributed by atoms with Crippen LogP contribution in [-0.4, -0.2) is 86.5 Å². The minimum Gasteiger partial charge on any atom is -0.453 e. The first kappa shape index (κ1) is 25.6. The molecule has 11 heteroatoms. The van der Waals surface area contributed by atoms with Crippen LogP contribution in [0.3, 0.4) is 0 Å². The van der Waals surface area contributed by atoms with Gasteiger partial charge in [0.2, 0.25) is 15.9 Å². The quantitative estimate of drug-likeness (QED) is 0.602. The summed E-state index contributed by atoms with van der Waals surface area (Å²) in [5.41, 5.74) is 0.865. The molecule has 2 amide bonds. The van der Waals surface area contributed by atoms with Crippen LogP contribution in [0.2, 0.25) is 0 Å². The number of aromatic nitrogens is 1. The predicted octanol–water partition coefficient (Wildman–Crippen LogP) is 1.95. The Morgan fingerprint density at radius 2 is 1.83 bits per heavy atom. The van der Waals surface area contributed by atoms with E-state index in [1.165, 1.54) is 23.6 Å². The number of piperazine rings is 1. The van der Waals surface area contributed by atoms with E-state index in [2.05, 4.69) is 21.8 Å². The second kappa shape index (κ2) is 10.7. The number of hydrogen-bond acceptors (Lipinski definition) is 7. The summed E-state index contributed by atoms with van der Waals surface area (Å²) in [7, 11) is -2.55. The number of ether oxygens (including phenoxy) is 1. The molecule has 1 aromatic heterocycles. The number of pyridine rings is 1. The molecule has 2 aromatic rings. The zero-order valence-electron chi connectivity index (χ0n) is 20.3. The number of nitrogens with one attached hydrogen (secondary N) is 1. The average molecular weight is 514 g/mol. The summed E-state index contributed by atoms with van der Waals surface area (Å²) >= 11 is 0. The lowest BCUT2D eigenvalue weighted by Gasteiger charge is -2.46. The van der Waals surface area contributed by atoms with E-state index in [1.54, 1.807) is 35.5 Å². The van der Waals surface area contributed by atoms with Crippen molar-refractivity contribution in [1.82, 2.24) is 19.5 Å². The fraction of sp³-hybridized carbons (Fsp3) is 0.400. The first-order valence-electron chi connectivity index (χ1n) is 11.8. The molecule has 10 nitrogen and oxygen atoms in total. The maximum atomic E-state index is 13.3. The largest absolute Gasteiger partial charge is 0.453 e. The SMILES string of the molecule is C=Cc1ccccc1S(=O)(=O)N1CCN(CC2(NC(=O)OC)CCN(c3ccncc3)CC2)C(=O)C1. The van der Waals surface area contributed by atoms with Crippen molar-refractivity contribution in [3.63, 3.8) is 0 Å². The van der Waals surface area contributed by atoms with Crippen LogP contribution in [0.4, 0.5) is 10.5 Å². The van der Waals surface area contributed by atoms with Crippen molar-refractivity contribution in [3.05, 3.63) is 60.9 Å². The molecule has 0 bridgehead atoms. The van der Waals surface area contributed by atoms with E-state index in [1.807, 2.05) is 12.1 Å². The lowest BCUT2D eigenvalue weighted by Crippen LogP contribution is -2.63. The number of benzene rings is 1. The van der Waals surface area contributed by atoms with Crippen molar-refractivity contribution >= 4 is 33.8 Å². The van der Waals surface area contributed by atoms with Crippen molar-refractivity contribution in [2.45, 2.75) is 23.3 Å². The van der Waals surface area contributed by atoms with Crippen molar-refractivity contribution < 1.29 is 22.7 Å². The number of anilines is 1. The third-order valence-electron chi connectivity index (χ3n) is 6.83. The van der Waals surface area contributed by atoms with Crippen molar-refractivity contribution in [2.75, 3.05) is 51.3 Å². The Morgan fingerprint density at radius 1 is 1.14 bits per heavy atom. The van der Waals surface area contributed by atoms with Crippen LogP contribution in [0.5, 0.6) is 0 Å². The van der Waals surface area contributed by atoms with Gasteiger partial charge < -0.3 is 19.9 Å². The van der Waals surface area contributed by atoms with Gasteiger partial charge in [-0.3, -0.25) is 9.78 Å². The molecule has 0 aliphatic carbocycles. The second-order valence-electron chi connectivity index (χ2n) is 8.99. The zero-order chi connectivity index (χ0) is 25.8. The van der Waals surface area contributed by atoms with Gasteiger partial charge in [0, 0.05) is 50.8 Å². The van der Waals surface area contributed by atoms with Crippen LogP contribution < -0.4 is 10.2 Å². The molecular formula is C25H31N5O5S. The van der Waals surface area contributed by atoms with Crippen molar-refractivity contribution in [3.8, 4) is 0 Å². The van der Waals surface area contributed by atoms with Gasteiger partial charge in [0.25, 0.3) is 0 Å². The topological polar surface area (TPSA) is 112 Å². The highest BCUT2D eigenvalue weighted by atomic mass is 32.2. The first-order chi connectivity index (χ1) is 17.3. The van der Waals surface area contributed by atoms with E-state index in [0.29, 0.717) is 31.5 Å². The van der Waals surface area contributed by atoms with E-state index >= 15 is 0 Å². The third kappa shape index (κ3) is 5.36. The minimum absolute atomic E-state index is 0.133. The van der Waals surface area contributed by atoms with E-state index in [0.717, 1.165) is 5.69 Å². The molecule has 192 valence electrons. The molecular weight excluding hydrogens is 482 g/mol. The molecule has 3 heterocycles. The van der Waals surface area contributed by atoms with Crippen molar-refractivity contribution in [1.29, 1.82) is 0 Å². The fourth-order valence-electron chi connectivity index (χ4n) is 4.79. The summed E-state index contributed by atoms with van der Waals surface area (Å²) in [5, 5.41) is 2.97. The van der Waals surface area contributed by atoms with Gasteiger partial charge in [-0.15, -0.1) is 0 Å². The highest BCUT2D eigenvalue weighted by molar-refractivity contribution is 7.89. The zero-order valence-corrected chi connectivity index (χ0v) is 21.1. The van der Waals surface area contributed by atoms with Gasteiger partial charge in [0.05, 0.1) is 24.1 Å². The standard InChI is InChI=1S/C25H31N5O5S/c1-3-20-6-4-5-7-22(20)36(33,34)30-17-16-29(23(31)18-30)19-25(27-24(32)35-2)10-14-28(15-11-25)21-8-12-26-13-9-21/h3-9,12-13H,1,10-11,14-19H2,2H3,(H,27,32). The fourth-order valence-corrected chi connectivity index (χ4v) is 6.37. The third-order valence-corrected chi connectivity index (χ3v) is 8.75. The van der Waals surface area contributed by atoms with Gasteiger partial charge >= 0.3 is 6.09 Å². The number of methoxy groups -OCH3 is 1. The highest BCUT2D eigenvalue weighted by Crippen LogP contribution is 2.29. The van der Waals surface area contributed by atoms with Crippen LogP contribution in [0.1, 0.15) is 18.4 Å². The number of amides is 2. The molecule has 2 aliphatic rings. The second-order valence-corrected chi connectivity index (χ2v) is 10.9. The molecule has 36 heavy (non-hydrogen) atoms. The molecule has 0 spiro atoms. The molecule has 1 N–H and O–H groups in total. The van der Waals surface area contributed by atoms with Crippen LogP contribution in [0.25, 0.3) is 6.08 Å². The first-order valence-corrected chi connectivity index (χ1v) is 13.2. The van der Waals surface area contributed by atoms with Crippen LogP contribution in [0, 0.1) is 0 Å². The molecule has 0 saturated carbocycles. The predicted molar refractivity (Wildman–Crippen MR) is 136 cm³/mol. The molecule has 2 fully saturated rings. The summed E-state index contributed by atoms with van der Waals surface area (Å²) in [6, 6.07) is 10.5. The normalized spacial score (nSPS) is 18.5. The summed E-state index contributed by atoms with van der Waals surface area (Å²) in [6.07, 6.45) is 5.62. The lowest BCUT2D eigenvalue weighted by atomic mass is 9.86. The number of alkyl carbamates (subject to hydrolysis) is 1. The van der Waals surface area contributed by atoms with Gasteiger partial charge in [-0.05, 0) is 36.6 Å². The van der Waals surface area contributed by atoms with E-state index in [-0.39, 0.29) is 37.0 Å². The van der Waals surface area contributed by atoms with E-state index < -0.39 is 21.7 Å². The van der Waals surface area contributed by atoms with Gasteiger partial charge in [-0.1, -0.05) is 30.9 Å². The number of carbonyl (C=O) groups is 2. The number of carbonyl (C=O) groups excluding carboxylic acids is 2. The minimum atomic E-state index is -3.86. The number of piperidine rings is 1. The van der Waals surface area contributed by atoms with Gasteiger partial charge in [-0.2, -0.15) is 4.31 Å². The summed E-state index contributed by atoms with van der Waals surface area (Å²) in [5.74, 6) is -0.302. The Kier molecular flexibility index (Phi) is 7.60. The Labute approximate surface area is 211 Å². The lowest BCUT2D eigenvalue weighted by molar-refractivity contribution is -0.135. The number of rotatable bonds is 7. The van der Waals surface area contributed by atoms with Crippen LogP contribution in [-0.2, 0) is 19.6 Å². The Hall–Kier alpha value is -3.44. The van der Waals surface area contributed by atoms with Gasteiger partial charge in [-0.25, -0.2) is 13.2 Å². The molecule has 2 saturated heterocycles. The summed E-state index contributed by atoms with van der Waals surface area (Å²) in [4.78, 5) is 33.4. The number of nitrogens with zero attached hydrogens (tertiary/aromatic N) is 4. The van der Waals surface area contributed by atoms with Crippen LogP contribution in [0.15, 0.2) is 60.3 Å². The Morgan fingerprint density at radius 3 is 2.47 bits per heavy atom. The molecule has 0 unspecified atom stereocenters. The maximum absolute atomic E-state index is 13.3. The van der Waals surface area contributed by atoms with Crippen molar-refractivity contribution in [2.24, 2.45) is 0 Å². The molecule has 0 atom stereocenters. The molecule has 0 radical (unpaired) electrons. The Bertz CT molecular complexity index is 1210. The number of sulfonamides is 1. The van der Waals surface area contributed by atoms with Crippen LogP contribution >= 0.6 is 0 Å². The average Bonchev–Trinajstić information content (AvgIpc) is 2.90. The monoisotopic (exact) mass is 513 g/mol. The van der Waals surface area contributed by atoms with Gasteiger partial charge in [0.15, 0.2) is 0 Å². The molecule has 2 aliphatic heterocycles. The summed E-state index contributed by atoms with van der Waals surface area (Å²) < 4.78 is 32.6. The maximum Gasteiger partial charge on any atom is 0.407 e. The van der Waals surface area contributed by atoms with E-state index in [4.69, 9.17) is 4.74 Å². The smallest absolute Gasteiger partial charge is 0.407 e. The van der Waals surface area contributed by atoms with E-state index in [9.17, 15) is 18.0 Å². The number of hydrogen-bond donors (Lipinski definition) is 1. The molecule has 1 aromatic carbocycles. The highest BCUT2D eigenvalue weighted by Gasteiger charge is 2.41. The Balaban J connectivity index is 1.46. The van der Waals surface area contributed by atoms with Gasteiger partial charge in [0.1, 0.15) is 0 Å².